The van der Waals surface area contributed by atoms with Gasteiger partial charge >= 0.3 is 0 Å². The summed E-state index contributed by atoms with van der Waals surface area (Å²) in [5.74, 6) is 1.71. The van der Waals surface area contributed by atoms with E-state index in [1.165, 1.54) is 10.4 Å². The Hall–Kier alpha value is -1.35. The van der Waals surface area contributed by atoms with E-state index in [1.54, 1.807) is 11.3 Å². The quantitative estimate of drug-likeness (QED) is 0.309. The lowest BCUT2D eigenvalue weighted by Crippen LogP contribution is -2.36. The van der Waals surface area contributed by atoms with Gasteiger partial charge in [-0.1, -0.05) is 19.1 Å². The number of ether oxygens (including phenoxy) is 1. The molecule has 2 aromatic rings. The first-order chi connectivity index (χ1) is 12.5. The predicted molar refractivity (Wildman–Crippen MR) is 125 cm³/mol. The Morgan fingerprint density at radius 2 is 2.04 bits per heavy atom. The molecule has 0 saturated heterocycles. The van der Waals surface area contributed by atoms with Crippen LogP contribution >= 0.6 is 35.3 Å². The van der Waals surface area contributed by atoms with E-state index in [-0.39, 0.29) is 30.1 Å². The third kappa shape index (κ3) is 8.04. The monoisotopic (exact) mass is 502 g/mol. The number of hydrogen-bond acceptors (Lipinski definition) is 4. The van der Waals surface area contributed by atoms with Gasteiger partial charge in [0, 0.05) is 23.2 Å². The maximum absolute atomic E-state index is 6.08. The lowest BCUT2D eigenvalue weighted by molar-refractivity contribution is 0.215. The van der Waals surface area contributed by atoms with Gasteiger partial charge in [-0.05, 0) is 45.7 Å². The zero-order chi connectivity index (χ0) is 18.9. The molecule has 7 heteroatoms. The van der Waals surface area contributed by atoms with Crippen LogP contribution in [0, 0.1) is 13.8 Å². The summed E-state index contributed by atoms with van der Waals surface area (Å²) in [6, 6.07) is 6.30. The van der Waals surface area contributed by atoms with Gasteiger partial charge in [-0.3, -0.25) is 0 Å². The second-order valence-corrected chi connectivity index (χ2v) is 7.68. The van der Waals surface area contributed by atoms with Crippen LogP contribution in [0.25, 0.3) is 0 Å². The minimum atomic E-state index is 0. The number of halogens is 1. The molecule has 0 spiro atoms. The Kier molecular flexibility index (Phi) is 10.7. The average molecular weight is 502 g/mol. The van der Waals surface area contributed by atoms with Gasteiger partial charge in [0.25, 0.3) is 0 Å². The molecule has 0 saturated carbocycles. The molecule has 150 valence electrons. The van der Waals surface area contributed by atoms with E-state index in [4.69, 9.17) is 9.73 Å². The Balaban J connectivity index is 0.00000364. The molecule has 1 aromatic carbocycles. The van der Waals surface area contributed by atoms with Gasteiger partial charge in [-0.25, -0.2) is 9.98 Å². The summed E-state index contributed by atoms with van der Waals surface area (Å²) in [4.78, 5) is 10.3. The zero-order valence-electron chi connectivity index (χ0n) is 16.8. The van der Waals surface area contributed by atoms with Crippen molar-refractivity contribution in [1.29, 1.82) is 0 Å². The molecule has 0 aliphatic carbocycles. The van der Waals surface area contributed by atoms with Crippen LogP contribution in [0.5, 0.6) is 5.75 Å². The summed E-state index contributed by atoms with van der Waals surface area (Å²) in [5, 5.41) is 7.70. The van der Waals surface area contributed by atoms with Gasteiger partial charge in [0.2, 0.25) is 0 Å². The smallest absolute Gasteiger partial charge is 0.191 e. The van der Waals surface area contributed by atoms with E-state index in [0.717, 1.165) is 35.2 Å². The van der Waals surface area contributed by atoms with Crippen molar-refractivity contribution >= 4 is 41.3 Å². The fourth-order valence-electron chi connectivity index (χ4n) is 2.35. The van der Waals surface area contributed by atoms with Gasteiger partial charge in [0.15, 0.2) is 5.96 Å². The van der Waals surface area contributed by atoms with Crippen molar-refractivity contribution in [3.63, 3.8) is 0 Å². The maximum Gasteiger partial charge on any atom is 0.191 e. The van der Waals surface area contributed by atoms with Crippen LogP contribution in [0.4, 0.5) is 0 Å². The molecule has 0 radical (unpaired) electrons. The third-order valence-electron chi connectivity index (χ3n) is 3.95. The van der Waals surface area contributed by atoms with Crippen molar-refractivity contribution in [2.75, 3.05) is 6.54 Å². The highest BCUT2D eigenvalue weighted by Gasteiger charge is 2.08. The van der Waals surface area contributed by atoms with Crippen LogP contribution in [0.3, 0.4) is 0 Å². The minimum absolute atomic E-state index is 0. The maximum atomic E-state index is 6.08. The molecule has 27 heavy (non-hydrogen) atoms. The lowest BCUT2D eigenvalue weighted by atomic mass is 10.1. The van der Waals surface area contributed by atoms with Gasteiger partial charge in [0.05, 0.1) is 19.2 Å². The molecule has 0 aliphatic heterocycles. The van der Waals surface area contributed by atoms with Crippen molar-refractivity contribution in [1.82, 2.24) is 15.6 Å². The summed E-state index contributed by atoms with van der Waals surface area (Å²) in [7, 11) is 0. The number of benzene rings is 1. The number of aliphatic imine (C=N–C) groups is 1. The van der Waals surface area contributed by atoms with Crippen LogP contribution < -0.4 is 15.4 Å². The first-order valence-electron chi connectivity index (χ1n) is 9.21. The second kappa shape index (κ2) is 12.2. The van der Waals surface area contributed by atoms with E-state index in [9.17, 15) is 0 Å². The zero-order valence-corrected chi connectivity index (χ0v) is 20.0. The molecule has 1 aromatic heterocycles. The number of rotatable bonds is 8. The predicted octanol–water partition coefficient (Wildman–Crippen LogP) is 4.81. The standard InChI is InChI=1S/C20H30N4OS.HI/c1-6-15(4)25-18-10-14(3)8-9-17(18)12-23-20(21-7-2)24-13-19-22-11-16(5)26-19;/h8-11,15H,6-7,12-13H2,1-5H3,(H2,21,23,24);1H. The van der Waals surface area contributed by atoms with Crippen LogP contribution in [0.1, 0.15) is 48.2 Å². The third-order valence-corrected chi connectivity index (χ3v) is 4.87. The summed E-state index contributed by atoms with van der Waals surface area (Å²) in [5.41, 5.74) is 2.29. The minimum Gasteiger partial charge on any atom is -0.490 e. The van der Waals surface area contributed by atoms with Gasteiger partial charge in [-0.15, -0.1) is 35.3 Å². The van der Waals surface area contributed by atoms with Crippen LogP contribution in [0.15, 0.2) is 29.4 Å². The van der Waals surface area contributed by atoms with Crippen LogP contribution in [-0.2, 0) is 13.1 Å². The summed E-state index contributed by atoms with van der Waals surface area (Å²) < 4.78 is 6.08. The molecule has 1 heterocycles. The first kappa shape index (κ1) is 23.7. The van der Waals surface area contributed by atoms with E-state index in [2.05, 4.69) is 68.4 Å². The van der Waals surface area contributed by atoms with Gasteiger partial charge < -0.3 is 15.4 Å². The van der Waals surface area contributed by atoms with Crippen molar-refractivity contribution in [2.45, 2.75) is 60.2 Å². The van der Waals surface area contributed by atoms with E-state index < -0.39 is 0 Å². The molecule has 0 fully saturated rings. The highest BCUT2D eigenvalue weighted by atomic mass is 127. The molecule has 1 unspecified atom stereocenters. The van der Waals surface area contributed by atoms with Crippen molar-refractivity contribution < 1.29 is 4.74 Å². The molecule has 0 aliphatic rings. The SMILES string of the molecule is CCNC(=NCc1ccc(C)cc1OC(C)CC)NCc1ncc(C)s1.I. The Labute approximate surface area is 184 Å². The van der Waals surface area contributed by atoms with Crippen molar-refractivity contribution in [3.05, 3.63) is 45.4 Å². The topological polar surface area (TPSA) is 58.5 Å². The normalized spacial score (nSPS) is 12.3. The van der Waals surface area contributed by atoms with E-state index in [0.29, 0.717) is 13.1 Å². The van der Waals surface area contributed by atoms with Crippen LogP contribution in [0.2, 0.25) is 0 Å². The number of guanidine groups is 1. The lowest BCUT2D eigenvalue weighted by Gasteiger charge is -2.17. The highest BCUT2D eigenvalue weighted by Crippen LogP contribution is 2.23. The molecule has 0 bridgehead atoms. The number of nitrogens with one attached hydrogen (secondary N) is 2. The molecule has 2 rings (SSSR count). The van der Waals surface area contributed by atoms with Gasteiger partial charge in [0.1, 0.15) is 10.8 Å². The Bertz CT molecular complexity index is 733. The summed E-state index contributed by atoms with van der Waals surface area (Å²) in [6.07, 6.45) is 3.07. The van der Waals surface area contributed by atoms with Crippen LogP contribution in [-0.4, -0.2) is 23.6 Å². The molecule has 2 N–H and O–H groups in total. The molecular weight excluding hydrogens is 471 g/mol. The fourth-order valence-corrected chi connectivity index (χ4v) is 3.08. The number of nitrogens with zero attached hydrogens (tertiary/aromatic N) is 2. The van der Waals surface area contributed by atoms with Crippen molar-refractivity contribution in [2.24, 2.45) is 4.99 Å². The summed E-state index contributed by atoms with van der Waals surface area (Å²) >= 11 is 1.70. The molecule has 1 atom stereocenters. The van der Waals surface area contributed by atoms with Gasteiger partial charge in [-0.2, -0.15) is 0 Å². The molecular formula is C20H31IN4OS. The van der Waals surface area contributed by atoms with Crippen molar-refractivity contribution in [3.8, 4) is 5.75 Å². The number of hydrogen-bond donors (Lipinski definition) is 2. The number of aromatic nitrogens is 1. The molecule has 0 amide bonds. The highest BCUT2D eigenvalue weighted by molar-refractivity contribution is 14.0. The average Bonchev–Trinajstić information content (AvgIpc) is 3.04. The number of aryl methyl sites for hydroxylation is 2. The molecule has 5 nitrogen and oxygen atoms in total. The Morgan fingerprint density at radius 3 is 2.67 bits per heavy atom. The largest absolute Gasteiger partial charge is 0.490 e. The summed E-state index contributed by atoms with van der Waals surface area (Å²) in [6.45, 7) is 12.5. The second-order valence-electron chi connectivity index (χ2n) is 6.36. The number of thiazole rings is 1. The Morgan fingerprint density at radius 1 is 1.26 bits per heavy atom. The fraction of sp³-hybridized carbons (Fsp3) is 0.500. The van der Waals surface area contributed by atoms with E-state index >= 15 is 0 Å². The van der Waals surface area contributed by atoms with E-state index in [1.807, 2.05) is 6.20 Å². The first-order valence-corrected chi connectivity index (χ1v) is 10.0.